The van der Waals surface area contributed by atoms with Crippen molar-refractivity contribution in [2.45, 2.75) is 12.8 Å². The highest BCUT2D eigenvalue weighted by Crippen LogP contribution is 2.09. The van der Waals surface area contributed by atoms with Crippen molar-refractivity contribution in [1.29, 1.82) is 0 Å². The smallest absolute Gasteiger partial charge is 0.197 e. The molecule has 0 aliphatic heterocycles. The van der Waals surface area contributed by atoms with Crippen LogP contribution in [0.3, 0.4) is 0 Å². The van der Waals surface area contributed by atoms with Gasteiger partial charge in [-0.25, -0.2) is 0 Å². The molecular formula is C6H7O2. The molecule has 0 saturated carbocycles. The molecule has 0 heterocycles. The first kappa shape index (κ1) is 5.35. The van der Waals surface area contributed by atoms with E-state index in [1.807, 2.05) is 6.42 Å². The van der Waals surface area contributed by atoms with Crippen LogP contribution in [-0.2, 0) is 4.79 Å². The van der Waals surface area contributed by atoms with Gasteiger partial charge in [0.25, 0.3) is 0 Å². The van der Waals surface area contributed by atoms with Crippen LogP contribution in [0.5, 0.6) is 0 Å². The molecule has 0 spiro atoms. The minimum absolute atomic E-state index is 0.0764. The van der Waals surface area contributed by atoms with E-state index in [0.717, 1.165) is 6.42 Å². The van der Waals surface area contributed by atoms with Crippen LogP contribution >= 0.6 is 0 Å². The van der Waals surface area contributed by atoms with E-state index in [0.29, 0.717) is 6.42 Å². The summed E-state index contributed by atoms with van der Waals surface area (Å²) in [5.74, 6) is -0.247. The molecule has 1 N–H and O–H groups in total. The molecule has 2 heteroatoms. The van der Waals surface area contributed by atoms with Crippen LogP contribution in [0.4, 0.5) is 0 Å². The van der Waals surface area contributed by atoms with Crippen molar-refractivity contribution in [3.63, 3.8) is 0 Å². The molecular weight excluding hydrogens is 104 g/mol. The first-order chi connectivity index (χ1) is 3.80. The molecule has 0 atom stereocenters. The summed E-state index contributed by atoms with van der Waals surface area (Å²) < 4.78 is 0. The van der Waals surface area contributed by atoms with Crippen molar-refractivity contribution in [3.8, 4) is 0 Å². The van der Waals surface area contributed by atoms with Gasteiger partial charge in [-0.1, -0.05) is 0 Å². The average molecular weight is 111 g/mol. The molecule has 1 aliphatic carbocycles. The second kappa shape index (κ2) is 1.99. The maximum atomic E-state index is 10.4. The lowest BCUT2D eigenvalue weighted by molar-refractivity contribution is -0.117. The third-order valence-corrected chi connectivity index (χ3v) is 1.09. The van der Waals surface area contributed by atoms with Gasteiger partial charge in [-0.05, 0) is 18.9 Å². The number of carbonyl (C=O) groups excluding carboxylic acids is 1. The molecule has 0 aromatic heterocycles. The topological polar surface area (TPSA) is 37.3 Å². The van der Waals surface area contributed by atoms with Gasteiger partial charge >= 0.3 is 0 Å². The van der Waals surface area contributed by atoms with Gasteiger partial charge in [-0.15, -0.1) is 0 Å². The summed E-state index contributed by atoms with van der Waals surface area (Å²) in [4.78, 5) is 10.4. The van der Waals surface area contributed by atoms with Crippen molar-refractivity contribution in [3.05, 3.63) is 18.3 Å². The Kier molecular flexibility index (Phi) is 1.33. The van der Waals surface area contributed by atoms with E-state index in [9.17, 15) is 4.79 Å². The molecule has 0 unspecified atom stereocenters. The normalized spacial score (nSPS) is 20.5. The van der Waals surface area contributed by atoms with Crippen LogP contribution < -0.4 is 0 Å². The number of rotatable bonds is 0. The van der Waals surface area contributed by atoms with Crippen LogP contribution in [0.2, 0.25) is 0 Å². The summed E-state index contributed by atoms with van der Waals surface area (Å²) >= 11 is 0. The van der Waals surface area contributed by atoms with Gasteiger partial charge in [0, 0.05) is 6.42 Å². The monoisotopic (exact) mass is 111 g/mol. The fourth-order valence-corrected chi connectivity index (χ4v) is 0.628. The van der Waals surface area contributed by atoms with Crippen molar-refractivity contribution in [2.24, 2.45) is 0 Å². The van der Waals surface area contributed by atoms with Gasteiger partial charge in [-0.2, -0.15) is 0 Å². The summed E-state index contributed by atoms with van der Waals surface area (Å²) in [6.07, 6.45) is 4.47. The fourth-order valence-electron chi connectivity index (χ4n) is 0.628. The summed E-state index contributed by atoms with van der Waals surface area (Å²) in [5.41, 5.74) is 0. The maximum absolute atomic E-state index is 10.4. The molecule has 1 radical (unpaired) electrons. The molecule has 2 nitrogen and oxygen atoms in total. The van der Waals surface area contributed by atoms with Crippen molar-refractivity contribution in [1.82, 2.24) is 0 Å². The zero-order valence-corrected chi connectivity index (χ0v) is 4.42. The third-order valence-electron chi connectivity index (χ3n) is 1.09. The Hall–Kier alpha value is -0.790. The van der Waals surface area contributed by atoms with Gasteiger partial charge in [0.2, 0.25) is 0 Å². The number of ketones is 1. The maximum Gasteiger partial charge on any atom is 0.197 e. The third kappa shape index (κ3) is 0.886. The van der Waals surface area contributed by atoms with Gasteiger partial charge in [-0.3, -0.25) is 4.79 Å². The lowest BCUT2D eigenvalue weighted by Gasteiger charge is -2.02. The summed E-state index contributed by atoms with van der Waals surface area (Å²) in [5, 5.41) is 8.67. The van der Waals surface area contributed by atoms with Crippen molar-refractivity contribution in [2.75, 3.05) is 0 Å². The second-order valence-corrected chi connectivity index (χ2v) is 1.74. The molecule has 1 rings (SSSR count). The molecule has 1 aliphatic rings. The van der Waals surface area contributed by atoms with Crippen LogP contribution in [0.1, 0.15) is 12.8 Å². The number of hydrogen-bond acceptors (Lipinski definition) is 2. The number of Topliss-reactive ketones (excluding diaryl/α,β-unsaturated/α-hetero) is 1. The number of carbonyl (C=O) groups is 1. The zero-order chi connectivity index (χ0) is 5.98. The van der Waals surface area contributed by atoms with Crippen LogP contribution in [0.25, 0.3) is 0 Å². The number of aliphatic hydroxyl groups excluding tert-OH is 1. The summed E-state index contributed by atoms with van der Waals surface area (Å²) in [6, 6.07) is 0. The van der Waals surface area contributed by atoms with Gasteiger partial charge in [0.1, 0.15) is 0 Å². The summed E-state index contributed by atoms with van der Waals surface area (Å²) in [7, 11) is 0. The Morgan fingerprint density at radius 3 is 2.75 bits per heavy atom. The summed E-state index contributed by atoms with van der Waals surface area (Å²) in [6.45, 7) is 0. The number of allylic oxidation sites excluding steroid dienone is 2. The Morgan fingerprint density at radius 2 is 2.38 bits per heavy atom. The van der Waals surface area contributed by atoms with Crippen LogP contribution in [0.15, 0.2) is 11.8 Å². The van der Waals surface area contributed by atoms with Crippen LogP contribution in [-0.4, -0.2) is 10.9 Å². The minimum Gasteiger partial charge on any atom is -0.505 e. The number of hydrogen-bond donors (Lipinski definition) is 1. The van der Waals surface area contributed by atoms with Crippen LogP contribution in [0, 0.1) is 6.42 Å². The molecule has 0 fully saturated rings. The Labute approximate surface area is 47.8 Å². The first-order valence-corrected chi connectivity index (χ1v) is 2.54. The fraction of sp³-hybridized carbons (Fsp3) is 0.333. The lowest BCUT2D eigenvalue weighted by Crippen LogP contribution is -2.05. The van der Waals surface area contributed by atoms with E-state index in [2.05, 4.69) is 0 Å². The standard InChI is InChI=1S/C6H7O2/c7-5-3-1-2-4-6(5)8/h1,4,8H,2-3H2. The quantitative estimate of drug-likeness (QED) is 0.506. The zero-order valence-electron chi connectivity index (χ0n) is 4.42. The largest absolute Gasteiger partial charge is 0.505 e. The average Bonchev–Trinajstić information content (AvgIpc) is 1.77. The van der Waals surface area contributed by atoms with Gasteiger partial charge in [0.05, 0.1) is 0 Å². The first-order valence-electron chi connectivity index (χ1n) is 2.54. The van der Waals surface area contributed by atoms with Gasteiger partial charge in [0.15, 0.2) is 11.5 Å². The highest BCUT2D eigenvalue weighted by molar-refractivity contribution is 5.94. The molecule has 0 aromatic carbocycles. The Morgan fingerprint density at radius 1 is 1.62 bits per heavy atom. The molecule has 0 aromatic rings. The van der Waals surface area contributed by atoms with E-state index in [1.54, 1.807) is 0 Å². The highest BCUT2D eigenvalue weighted by atomic mass is 16.3. The highest BCUT2D eigenvalue weighted by Gasteiger charge is 2.10. The molecule has 0 bridgehead atoms. The number of aliphatic hydroxyl groups is 1. The van der Waals surface area contributed by atoms with E-state index in [4.69, 9.17) is 5.11 Å². The van der Waals surface area contributed by atoms with E-state index < -0.39 is 0 Å². The minimum atomic E-state index is -0.170. The van der Waals surface area contributed by atoms with Crippen molar-refractivity contribution >= 4 is 5.78 Å². The van der Waals surface area contributed by atoms with E-state index in [-0.39, 0.29) is 11.5 Å². The van der Waals surface area contributed by atoms with E-state index >= 15 is 0 Å². The molecule has 43 valence electrons. The van der Waals surface area contributed by atoms with Crippen molar-refractivity contribution < 1.29 is 9.90 Å². The Bertz CT molecular complexity index is 135. The van der Waals surface area contributed by atoms with E-state index in [1.165, 1.54) is 6.08 Å². The predicted octanol–water partition coefficient (Wildman–Crippen LogP) is 0.995. The SMILES string of the molecule is O=C1C[CH]CC=C1O. The second-order valence-electron chi connectivity index (χ2n) is 1.74. The molecule has 0 amide bonds. The predicted molar refractivity (Wildman–Crippen MR) is 29.3 cm³/mol. The lowest BCUT2D eigenvalue weighted by atomic mass is 10.1. The van der Waals surface area contributed by atoms with Gasteiger partial charge < -0.3 is 5.11 Å². The molecule has 8 heavy (non-hydrogen) atoms. The molecule has 0 saturated heterocycles. The Balaban J connectivity index is 2.67.